The zero-order valence-electron chi connectivity index (χ0n) is 8.22. The fourth-order valence-corrected chi connectivity index (χ4v) is 0.810. The third-order valence-electron chi connectivity index (χ3n) is 1.68. The molecule has 1 N–H and O–H groups in total. The molecule has 11 heavy (non-hydrogen) atoms. The Morgan fingerprint density at radius 2 is 1.82 bits per heavy atom. The summed E-state index contributed by atoms with van der Waals surface area (Å²) in [7, 11) is 6.18. The van der Waals surface area contributed by atoms with E-state index in [0.717, 1.165) is 13.1 Å². The largest absolute Gasteiger partial charge is 0.307 e. The lowest BCUT2D eigenvalue weighted by molar-refractivity contribution is 0.270. The summed E-state index contributed by atoms with van der Waals surface area (Å²) in [5.74, 6) is 0. The Kier molecular flexibility index (Phi) is 6.51. The van der Waals surface area contributed by atoms with Crippen LogP contribution >= 0.6 is 0 Å². The van der Waals surface area contributed by atoms with Gasteiger partial charge in [0.05, 0.1) is 0 Å². The van der Waals surface area contributed by atoms with Gasteiger partial charge in [-0.25, -0.2) is 0 Å². The van der Waals surface area contributed by atoms with E-state index in [0.29, 0.717) is 0 Å². The van der Waals surface area contributed by atoms with Gasteiger partial charge in [0, 0.05) is 20.6 Å². The Bertz CT molecular complexity index is 83.4. The maximum Gasteiger partial charge on any atom is 0.0114 e. The van der Waals surface area contributed by atoms with Crippen molar-refractivity contribution in [2.45, 2.75) is 13.3 Å². The average molecular weight is 159 g/mol. The topological polar surface area (TPSA) is 18.5 Å². The van der Waals surface area contributed by atoms with Gasteiger partial charge in [0.2, 0.25) is 0 Å². The molecule has 0 aromatic rings. The monoisotopic (exact) mass is 159 g/mol. The first-order chi connectivity index (χ1) is 5.16. The van der Waals surface area contributed by atoms with Crippen molar-refractivity contribution >= 4 is 0 Å². The van der Waals surface area contributed by atoms with Crippen LogP contribution in [0.5, 0.6) is 0 Å². The molecule has 0 fully saturated rings. The number of nitrogens with one attached hydrogen (secondary N) is 1. The maximum absolute atomic E-state index is 3.23. The highest BCUT2D eigenvalue weighted by Gasteiger charge is 1.93. The summed E-state index contributed by atoms with van der Waals surface area (Å²) in [6.45, 7) is 5.57. The van der Waals surface area contributed by atoms with Crippen molar-refractivity contribution in [1.29, 1.82) is 0 Å². The van der Waals surface area contributed by atoms with Crippen LogP contribution in [0, 0.1) is 0 Å². The molecular formula is C8H21N3. The molecule has 0 rings (SSSR count). The number of hydrogen-bond acceptors (Lipinski definition) is 3. The van der Waals surface area contributed by atoms with Crippen molar-refractivity contribution in [3.8, 4) is 0 Å². The number of hydrogen-bond donors (Lipinski definition) is 1. The molecule has 0 radical (unpaired) electrons. The lowest BCUT2D eigenvalue weighted by Crippen LogP contribution is -2.33. The van der Waals surface area contributed by atoms with Crippen LogP contribution in [-0.2, 0) is 0 Å². The molecule has 0 saturated heterocycles. The summed E-state index contributed by atoms with van der Waals surface area (Å²) < 4.78 is 0. The minimum absolute atomic E-state index is 1.07. The molecule has 0 bridgehead atoms. The first kappa shape index (κ1) is 10.9. The van der Waals surface area contributed by atoms with Crippen LogP contribution in [0.2, 0.25) is 0 Å². The van der Waals surface area contributed by atoms with E-state index in [9.17, 15) is 0 Å². The molecule has 0 aliphatic rings. The van der Waals surface area contributed by atoms with Crippen LogP contribution in [0.25, 0.3) is 0 Å². The molecule has 0 saturated carbocycles. The molecule has 68 valence electrons. The van der Waals surface area contributed by atoms with E-state index in [1.807, 2.05) is 19.1 Å². The number of nitrogens with zero attached hydrogens (tertiary/aromatic N) is 2. The number of rotatable bonds is 6. The Hall–Kier alpha value is -0.120. The summed E-state index contributed by atoms with van der Waals surface area (Å²) in [5.41, 5.74) is 3.23. The second-order valence-corrected chi connectivity index (χ2v) is 3.05. The quantitative estimate of drug-likeness (QED) is 0.447. The van der Waals surface area contributed by atoms with E-state index in [1.54, 1.807) is 0 Å². The van der Waals surface area contributed by atoms with Crippen molar-refractivity contribution in [1.82, 2.24) is 15.3 Å². The van der Waals surface area contributed by atoms with Crippen molar-refractivity contribution < 1.29 is 0 Å². The molecule has 0 aromatic heterocycles. The standard InChI is InChI=1S/C8H21N3/c1-5-11(4)8-6-7-9-10(2)3/h9H,5-8H2,1-4H3. The molecule has 3 nitrogen and oxygen atoms in total. The van der Waals surface area contributed by atoms with Gasteiger partial charge in [-0.15, -0.1) is 0 Å². The van der Waals surface area contributed by atoms with Crippen LogP contribution in [-0.4, -0.2) is 50.7 Å². The highest BCUT2D eigenvalue weighted by molar-refractivity contribution is 4.49. The predicted molar refractivity (Wildman–Crippen MR) is 49.5 cm³/mol. The van der Waals surface area contributed by atoms with Crippen LogP contribution in [0.4, 0.5) is 0 Å². The number of hydrazine groups is 1. The molecule has 0 heterocycles. The highest BCUT2D eigenvalue weighted by atomic mass is 15.5. The van der Waals surface area contributed by atoms with Gasteiger partial charge < -0.3 is 4.90 Å². The fourth-order valence-electron chi connectivity index (χ4n) is 0.810. The van der Waals surface area contributed by atoms with Crippen molar-refractivity contribution in [2.24, 2.45) is 0 Å². The summed E-state index contributed by atoms with van der Waals surface area (Å²) >= 11 is 0. The second kappa shape index (κ2) is 6.58. The fraction of sp³-hybridized carbons (Fsp3) is 1.00. The highest BCUT2D eigenvalue weighted by Crippen LogP contribution is 1.84. The van der Waals surface area contributed by atoms with Crippen LogP contribution in [0.1, 0.15) is 13.3 Å². The summed E-state index contributed by atoms with van der Waals surface area (Å²) in [5, 5.41) is 1.99. The third-order valence-corrected chi connectivity index (χ3v) is 1.68. The molecular weight excluding hydrogens is 138 g/mol. The lowest BCUT2D eigenvalue weighted by Gasteiger charge is -2.15. The smallest absolute Gasteiger partial charge is 0.0114 e. The molecule has 3 heteroatoms. The Balaban J connectivity index is 3.01. The minimum atomic E-state index is 1.07. The minimum Gasteiger partial charge on any atom is -0.307 e. The molecule has 0 aromatic carbocycles. The van der Waals surface area contributed by atoms with E-state index < -0.39 is 0 Å². The van der Waals surface area contributed by atoms with Crippen molar-refractivity contribution in [3.63, 3.8) is 0 Å². The third kappa shape index (κ3) is 7.78. The van der Waals surface area contributed by atoms with Crippen LogP contribution < -0.4 is 5.43 Å². The summed E-state index contributed by atoms with van der Waals surface area (Å²) in [6, 6.07) is 0. The van der Waals surface area contributed by atoms with Gasteiger partial charge in [0.1, 0.15) is 0 Å². The molecule has 0 spiro atoms. The Morgan fingerprint density at radius 1 is 1.18 bits per heavy atom. The molecule has 0 aliphatic heterocycles. The molecule has 0 unspecified atom stereocenters. The van der Waals surface area contributed by atoms with E-state index in [1.165, 1.54) is 13.0 Å². The van der Waals surface area contributed by atoms with Gasteiger partial charge in [0.15, 0.2) is 0 Å². The predicted octanol–water partition coefficient (Wildman–Crippen LogP) is 0.394. The van der Waals surface area contributed by atoms with Crippen LogP contribution in [0.15, 0.2) is 0 Å². The lowest BCUT2D eigenvalue weighted by atomic mass is 10.4. The second-order valence-electron chi connectivity index (χ2n) is 3.05. The summed E-state index contributed by atoms with van der Waals surface area (Å²) in [4.78, 5) is 2.32. The normalized spacial score (nSPS) is 11.5. The van der Waals surface area contributed by atoms with Crippen molar-refractivity contribution in [2.75, 3.05) is 40.8 Å². The molecule has 0 amide bonds. The van der Waals surface area contributed by atoms with Gasteiger partial charge in [0.25, 0.3) is 0 Å². The zero-order chi connectivity index (χ0) is 8.69. The average Bonchev–Trinajstić information content (AvgIpc) is 1.97. The van der Waals surface area contributed by atoms with Gasteiger partial charge in [-0.05, 0) is 26.6 Å². The van der Waals surface area contributed by atoms with E-state index in [4.69, 9.17) is 0 Å². The van der Waals surface area contributed by atoms with E-state index in [-0.39, 0.29) is 0 Å². The Labute approximate surface area is 70.3 Å². The van der Waals surface area contributed by atoms with Crippen molar-refractivity contribution in [3.05, 3.63) is 0 Å². The van der Waals surface area contributed by atoms with Gasteiger partial charge in [-0.2, -0.15) is 0 Å². The molecule has 0 atom stereocenters. The van der Waals surface area contributed by atoms with Crippen LogP contribution in [0.3, 0.4) is 0 Å². The first-order valence-electron chi connectivity index (χ1n) is 4.26. The van der Waals surface area contributed by atoms with E-state index in [2.05, 4.69) is 24.3 Å². The van der Waals surface area contributed by atoms with E-state index >= 15 is 0 Å². The zero-order valence-corrected chi connectivity index (χ0v) is 8.22. The van der Waals surface area contributed by atoms with Gasteiger partial charge in [-0.1, -0.05) is 6.92 Å². The Morgan fingerprint density at radius 3 is 2.27 bits per heavy atom. The maximum atomic E-state index is 3.23. The SMILES string of the molecule is CCN(C)CCCNN(C)C. The first-order valence-corrected chi connectivity index (χ1v) is 4.26. The summed E-state index contributed by atoms with van der Waals surface area (Å²) in [6.07, 6.45) is 1.21. The van der Waals surface area contributed by atoms with Gasteiger partial charge >= 0.3 is 0 Å². The molecule has 0 aliphatic carbocycles. The van der Waals surface area contributed by atoms with Gasteiger partial charge in [-0.3, -0.25) is 10.4 Å².